The van der Waals surface area contributed by atoms with Gasteiger partial charge in [-0.15, -0.1) is 10.2 Å². The summed E-state index contributed by atoms with van der Waals surface area (Å²) in [7, 11) is 3.25. The smallest absolute Gasteiger partial charge is 0.284 e. The number of furan rings is 1. The minimum atomic E-state index is 0.376. The van der Waals surface area contributed by atoms with Crippen molar-refractivity contribution in [1.29, 1.82) is 0 Å². The average molecular weight is 332 g/mol. The maximum atomic E-state index is 5.58. The SMILES string of the molecule is COc1cc(C)c(CSc2nnc(-c3ccco3)o2)cc1OC. The van der Waals surface area contributed by atoms with Crippen LogP contribution in [0.1, 0.15) is 11.1 Å². The van der Waals surface area contributed by atoms with Crippen LogP contribution in [0, 0.1) is 6.92 Å². The molecule has 0 saturated heterocycles. The Labute approximate surface area is 137 Å². The fraction of sp³-hybridized carbons (Fsp3) is 0.250. The second-order valence-corrected chi connectivity index (χ2v) is 5.70. The number of nitrogens with zero attached hydrogens (tertiary/aromatic N) is 2. The molecular formula is C16H16N2O4S. The molecule has 0 fully saturated rings. The Morgan fingerprint density at radius 2 is 1.91 bits per heavy atom. The van der Waals surface area contributed by atoms with E-state index in [2.05, 4.69) is 10.2 Å². The Hall–Kier alpha value is -2.41. The van der Waals surface area contributed by atoms with E-state index in [0.29, 0.717) is 28.4 Å². The van der Waals surface area contributed by atoms with E-state index in [0.717, 1.165) is 16.9 Å². The number of benzene rings is 1. The van der Waals surface area contributed by atoms with Crippen LogP contribution in [0.25, 0.3) is 11.7 Å². The third-order valence-corrected chi connectivity index (χ3v) is 4.20. The molecule has 23 heavy (non-hydrogen) atoms. The van der Waals surface area contributed by atoms with Gasteiger partial charge in [-0.1, -0.05) is 11.8 Å². The van der Waals surface area contributed by atoms with Gasteiger partial charge in [-0.05, 0) is 42.3 Å². The van der Waals surface area contributed by atoms with Gasteiger partial charge in [-0.2, -0.15) is 0 Å². The zero-order valence-electron chi connectivity index (χ0n) is 13.0. The Morgan fingerprint density at radius 3 is 2.61 bits per heavy atom. The van der Waals surface area contributed by atoms with Crippen LogP contribution < -0.4 is 9.47 Å². The molecule has 0 amide bonds. The van der Waals surface area contributed by atoms with E-state index in [-0.39, 0.29) is 0 Å². The second kappa shape index (κ2) is 6.78. The molecule has 2 aromatic heterocycles. The molecule has 0 unspecified atom stereocenters. The third kappa shape index (κ3) is 3.34. The van der Waals surface area contributed by atoms with Crippen molar-refractivity contribution in [2.75, 3.05) is 14.2 Å². The van der Waals surface area contributed by atoms with Gasteiger partial charge in [0.05, 0.1) is 20.5 Å². The van der Waals surface area contributed by atoms with Crippen LogP contribution >= 0.6 is 11.8 Å². The number of aryl methyl sites for hydroxylation is 1. The summed E-state index contributed by atoms with van der Waals surface area (Å²) >= 11 is 1.46. The van der Waals surface area contributed by atoms with E-state index in [4.69, 9.17) is 18.3 Å². The van der Waals surface area contributed by atoms with E-state index in [1.165, 1.54) is 11.8 Å². The molecule has 0 spiro atoms. The number of methoxy groups -OCH3 is 2. The maximum Gasteiger partial charge on any atom is 0.284 e. The van der Waals surface area contributed by atoms with E-state index >= 15 is 0 Å². The lowest BCUT2D eigenvalue weighted by molar-refractivity contribution is 0.354. The van der Waals surface area contributed by atoms with Crippen LogP contribution in [0.15, 0.2) is 44.6 Å². The van der Waals surface area contributed by atoms with E-state index in [1.807, 2.05) is 19.1 Å². The van der Waals surface area contributed by atoms with Crippen LogP contribution in [0.3, 0.4) is 0 Å². The van der Waals surface area contributed by atoms with Gasteiger partial charge < -0.3 is 18.3 Å². The quantitative estimate of drug-likeness (QED) is 0.633. The van der Waals surface area contributed by atoms with Gasteiger partial charge in [0.1, 0.15) is 0 Å². The lowest BCUT2D eigenvalue weighted by Gasteiger charge is -2.11. The minimum Gasteiger partial charge on any atom is -0.493 e. The molecule has 0 aliphatic carbocycles. The minimum absolute atomic E-state index is 0.376. The van der Waals surface area contributed by atoms with Crippen molar-refractivity contribution in [1.82, 2.24) is 10.2 Å². The molecule has 0 saturated carbocycles. The normalized spacial score (nSPS) is 10.7. The van der Waals surface area contributed by atoms with Gasteiger partial charge in [0, 0.05) is 5.75 Å². The molecule has 0 atom stereocenters. The van der Waals surface area contributed by atoms with Crippen molar-refractivity contribution in [3.63, 3.8) is 0 Å². The number of thioether (sulfide) groups is 1. The first-order valence-electron chi connectivity index (χ1n) is 6.93. The molecule has 0 aliphatic heterocycles. The molecule has 2 heterocycles. The topological polar surface area (TPSA) is 70.5 Å². The highest BCUT2D eigenvalue weighted by atomic mass is 32.2. The van der Waals surface area contributed by atoms with E-state index in [9.17, 15) is 0 Å². The monoisotopic (exact) mass is 332 g/mol. The largest absolute Gasteiger partial charge is 0.493 e. The van der Waals surface area contributed by atoms with Crippen molar-refractivity contribution in [2.24, 2.45) is 0 Å². The fourth-order valence-electron chi connectivity index (χ4n) is 2.09. The summed E-state index contributed by atoms with van der Waals surface area (Å²) in [6.07, 6.45) is 1.57. The highest BCUT2D eigenvalue weighted by Gasteiger charge is 2.13. The fourth-order valence-corrected chi connectivity index (χ4v) is 2.91. The molecule has 0 radical (unpaired) electrons. The Balaban J connectivity index is 1.73. The predicted octanol–water partition coefficient (Wildman–Crippen LogP) is 3.95. The van der Waals surface area contributed by atoms with Crippen LogP contribution in [0.5, 0.6) is 11.5 Å². The van der Waals surface area contributed by atoms with Gasteiger partial charge in [-0.25, -0.2) is 0 Å². The Morgan fingerprint density at radius 1 is 1.13 bits per heavy atom. The van der Waals surface area contributed by atoms with Crippen molar-refractivity contribution in [3.05, 3.63) is 41.7 Å². The maximum absolute atomic E-state index is 5.58. The summed E-state index contributed by atoms with van der Waals surface area (Å²) in [6.45, 7) is 2.03. The van der Waals surface area contributed by atoms with E-state index < -0.39 is 0 Å². The third-order valence-electron chi connectivity index (χ3n) is 3.33. The molecule has 0 N–H and O–H groups in total. The average Bonchev–Trinajstić information content (AvgIpc) is 3.24. The summed E-state index contributed by atoms with van der Waals surface area (Å²) in [5.74, 6) is 3.05. The van der Waals surface area contributed by atoms with Gasteiger partial charge >= 0.3 is 0 Å². The first-order valence-corrected chi connectivity index (χ1v) is 7.91. The lowest BCUT2D eigenvalue weighted by Crippen LogP contribution is -1.95. The summed E-state index contributed by atoms with van der Waals surface area (Å²) in [5, 5.41) is 8.49. The van der Waals surface area contributed by atoms with E-state index in [1.54, 1.807) is 32.6 Å². The molecule has 120 valence electrons. The molecular weight excluding hydrogens is 316 g/mol. The number of aromatic nitrogens is 2. The highest BCUT2D eigenvalue weighted by molar-refractivity contribution is 7.98. The molecule has 0 bridgehead atoms. The number of hydrogen-bond donors (Lipinski definition) is 0. The molecule has 7 heteroatoms. The molecule has 3 rings (SSSR count). The zero-order valence-corrected chi connectivity index (χ0v) is 13.8. The molecule has 6 nitrogen and oxygen atoms in total. The molecule has 3 aromatic rings. The van der Waals surface area contributed by atoms with Crippen molar-refractivity contribution >= 4 is 11.8 Å². The van der Waals surface area contributed by atoms with Crippen molar-refractivity contribution in [2.45, 2.75) is 17.9 Å². The van der Waals surface area contributed by atoms with Gasteiger partial charge in [0.2, 0.25) is 0 Å². The Bertz CT molecular complexity index is 783. The van der Waals surface area contributed by atoms with Gasteiger partial charge in [0.15, 0.2) is 17.3 Å². The van der Waals surface area contributed by atoms with Crippen molar-refractivity contribution < 1.29 is 18.3 Å². The number of rotatable bonds is 6. The second-order valence-electron chi connectivity index (χ2n) is 4.77. The first kappa shape index (κ1) is 15.5. The standard InChI is InChI=1S/C16H16N2O4S/c1-10-7-13(19-2)14(20-3)8-11(10)9-23-16-18-17-15(22-16)12-5-4-6-21-12/h4-8H,9H2,1-3H3. The summed E-state index contributed by atoms with van der Waals surface area (Å²) in [6, 6.07) is 7.47. The van der Waals surface area contributed by atoms with Crippen LogP contribution in [0.2, 0.25) is 0 Å². The van der Waals surface area contributed by atoms with Gasteiger partial charge in [0.25, 0.3) is 11.1 Å². The first-order chi connectivity index (χ1) is 11.2. The summed E-state index contributed by atoms with van der Waals surface area (Å²) in [5.41, 5.74) is 2.23. The van der Waals surface area contributed by atoms with Crippen molar-refractivity contribution in [3.8, 4) is 23.1 Å². The molecule has 1 aromatic carbocycles. The van der Waals surface area contributed by atoms with Gasteiger partial charge in [-0.3, -0.25) is 0 Å². The molecule has 0 aliphatic rings. The van der Waals surface area contributed by atoms with Crippen LogP contribution in [0.4, 0.5) is 0 Å². The highest BCUT2D eigenvalue weighted by Crippen LogP contribution is 2.33. The number of hydrogen-bond acceptors (Lipinski definition) is 7. The predicted molar refractivity (Wildman–Crippen MR) is 85.8 cm³/mol. The lowest BCUT2D eigenvalue weighted by atomic mass is 10.1. The Kier molecular flexibility index (Phi) is 4.57. The summed E-state index contributed by atoms with van der Waals surface area (Å²) in [4.78, 5) is 0. The summed E-state index contributed by atoms with van der Waals surface area (Å²) < 4.78 is 21.5. The van der Waals surface area contributed by atoms with Crippen LogP contribution in [-0.2, 0) is 5.75 Å². The number of ether oxygens (including phenoxy) is 2. The zero-order chi connectivity index (χ0) is 16.2. The van der Waals surface area contributed by atoms with Crippen LogP contribution in [-0.4, -0.2) is 24.4 Å².